The third kappa shape index (κ3) is 6.13. The summed E-state index contributed by atoms with van der Waals surface area (Å²) in [4.78, 5) is 22.5. The number of alkyl halides is 3. The molecule has 1 fully saturated rings. The van der Waals surface area contributed by atoms with Gasteiger partial charge in [-0.15, -0.1) is 0 Å². The van der Waals surface area contributed by atoms with Crippen molar-refractivity contribution in [2.24, 2.45) is 0 Å². The van der Waals surface area contributed by atoms with Gasteiger partial charge in [0.1, 0.15) is 0 Å². The molecule has 3 aromatic rings. The number of halogens is 3. The Morgan fingerprint density at radius 2 is 1.75 bits per heavy atom. The number of rotatable bonds is 3. The van der Waals surface area contributed by atoms with Crippen molar-refractivity contribution in [2.75, 3.05) is 5.32 Å². The molecule has 0 spiro atoms. The molecule has 2 heterocycles. The average Bonchev–Trinajstić information content (AvgIpc) is 2.75. The van der Waals surface area contributed by atoms with Crippen LogP contribution in [0.2, 0.25) is 0 Å². The number of carboxylic acids is 1. The van der Waals surface area contributed by atoms with Crippen molar-refractivity contribution in [3.8, 4) is 11.1 Å². The average molecular weight is 448 g/mol. The van der Waals surface area contributed by atoms with Crippen LogP contribution < -0.4 is 5.32 Å². The van der Waals surface area contributed by atoms with Gasteiger partial charge in [0.05, 0.1) is 11.6 Å². The second kappa shape index (κ2) is 9.90. The minimum atomic E-state index is -5.08. The van der Waals surface area contributed by atoms with Crippen molar-refractivity contribution in [1.82, 2.24) is 15.0 Å². The first-order chi connectivity index (χ1) is 15.1. The van der Waals surface area contributed by atoms with Crippen LogP contribution in [0.25, 0.3) is 22.0 Å². The maximum atomic E-state index is 10.6. The Hall–Kier alpha value is -3.27. The second-order valence-electron chi connectivity index (χ2n) is 7.58. The summed E-state index contributed by atoms with van der Waals surface area (Å²) in [6.45, 7) is 1.98. The van der Waals surface area contributed by atoms with E-state index < -0.39 is 12.1 Å². The molecule has 1 saturated carbocycles. The lowest BCUT2D eigenvalue weighted by Gasteiger charge is -2.26. The molecule has 1 aliphatic rings. The Labute approximate surface area is 182 Å². The molecular weight excluding hydrogens is 425 g/mol. The Morgan fingerprint density at radius 3 is 2.34 bits per heavy atom. The number of aliphatic hydroxyl groups excluding tert-OH is 1. The van der Waals surface area contributed by atoms with E-state index in [1.54, 1.807) is 0 Å². The van der Waals surface area contributed by atoms with E-state index in [1.165, 1.54) is 0 Å². The van der Waals surface area contributed by atoms with Gasteiger partial charge in [-0.05, 0) is 38.7 Å². The predicted octanol–water partition coefficient (Wildman–Crippen LogP) is 4.35. The summed E-state index contributed by atoms with van der Waals surface area (Å²) in [5.41, 5.74) is 4.05. The van der Waals surface area contributed by atoms with Gasteiger partial charge in [0, 0.05) is 40.6 Å². The topological polar surface area (TPSA) is 108 Å². The number of carboxylic acid groups (broad SMARTS) is 1. The van der Waals surface area contributed by atoms with Crippen molar-refractivity contribution < 1.29 is 28.2 Å². The number of benzene rings is 1. The maximum Gasteiger partial charge on any atom is 0.490 e. The van der Waals surface area contributed by atoms with Gasteiger partial charge >= 0.3 is 12.1 Å². The molecule has 0 saturated heterocycles. The summed E-state index contributed by atoms with van der Waals surface area (Å²) in [5.74, 6) is -2.10. The monoisotopic (exact) mass is 448 g/mol. The summed E-state index contributed by atoms with van der Waals surface area (Å²) >= 11 is 0. The normalized spacial score (nSPS) is 18.5. The summed E-state index contributed by atoms with van der Waals surface area (Å²) in [7, 11) is 0. The van der Waals surface area contributed by atoms with Gasteiger partial charge in [-0.25, -0.2) is 14.8 Å². The quantitative estimate of drug-likeness (QED) is 0.547. The largest absolute Gasteiger partial charge is 0.490 e. The third-order valence-corrected chi connectivity index (χ3v) is 5.11. The first kappa shape index (κ1) is 23.4. The number of carbonyl (C=O) groups is 1. The Bertz CT molecular complexity index is 1070. The van der Waals surface area contributed by atoms with Crippen LogP contribution in [-0.4, -0.2) is 49.5 Å². The Morgan fingerprint density at radius 1 is 1.06 bits per heavy atom. The molecule has 10 heteroatoms. The zero-order valence-corrected chi connectivity index (χ0v) is 17.3. The Kier molecular flexibility index (Phi) is 7.24. The molecule has 0 radical (unpaired) electrons. The van der Waals surface area contributed by atoms with Crippen LogP contribution in [0.1, 0.15) is 31.4 Å². The summed E-state index contributed by atoms with van der Waals surface area (Å²) < 4.78 is 31.7. The zero-order valence-electron chi connectivity index (χ0n) is 17.3. The first-order valence-corrected chi connectivity index (χ1v) is 10.1. The highest BCUT2D eigenvalue weighted by Crippen LogP contribution is 2.28. The Balaban J connectivity index is 0.000000360. The molecule has 32 heavy (non-hydrogen) atoms. The van der Waals surface area contributed by atoms with Gasteiger partial charge in [0.25, 0.3) is 0 Å². The SMILES string of the molecule is Cc1ccc(-c2cccc3cnc(NC4CCC(O)CC4)nc23)cn1.O=C(O)C(F)(F)F. The van der Waals surface area contributed by atoms with Gasteiger partial charge in [-0.1, -0.05) is 24.3 Å². The van der Waals surface area contributed by atoms with Gasteiger partial charge in [0.15, 0.2) is 0 Å². The zero-order chi connectivity index (χ0) is 23.3. The second-order valence-corrected chi connectivity index (χ2v) is 7.58. The molecule has 0 unspecified atom stereocenters. The molecule has 0 aliphatic heterocycles. The fourth-order valence-electron chi connectivity index (χ4n) is 3.39. The smallest absolute Gasteiger partial charge is 0.475 e. The molecule has 4 rings (SSSR count). The van der Waals surface area contributed by atoms with Crippen molar-refractivity contribution in [3.63, 3.8) is 0 Å². The number of aryl methyl sites for hydroxylation is 1. The van der Waals surface area contributed by atoms with E-state index in [0.29, 0.717) is 12.0 Å². The molecule has 3 N–H and O–H groups in total. The molecule has 0 atom stereocenters. The van der Waals surface area contributed by atoms with Crippen LogP contribution in [0.3, 0.4) is 0 Å². The summed E-state index contributed by atoms with van der Waals surface area (Å²) in [6.07, 6.45) is 2.10. The van der Waals surface area contributed by atoms with Gasteiger partial charge in [0.2, 0.25) is 5.95 Å². The maximum absolute atomic E-state index is 10.6. The van der Waals surface area contributed by atoms with Crippen molar-refractivity contribution in [2.45, 2.75) is 50.9 Å². The molecule has 1 aromatic carbocycles. The number of aliphatic carboxylic acids is 1. The van der Waals surface area contributed by atoms with Crippen LogP contribution in [0.15, 0.2) is 42.7 Å². The van der Waals surface area contributed by atoms with Gasteiger partial charge in [-0.2, -0.15) is 13.2 Å². The molecular formula is C22H23F3N4O3. The molecule has 0 amide bonds. The number of aromatic nitrogens is 3. The standard InChI is InChI=1S/C20H22N4O.C2HF3O2/c1-13-5-6-14(11-21-13)18-4-2-3-15-12-22-20(24-19(15)18)23-16-7-9-17(25)10-8-16;3-2(4,5)1(6)7/h2-6,11-12,16-17,25H,7-10H2,1H3,(H,22,23,24);(H,6,7). The number of nitrogens with zero attached hydrogens (tertiary/aromatic N) is 3. The van der Waals surface area contributed by atoms with E-state index in [2.05, 4.69) is 27.4 Å². The lowest BCUT2D eigenvalue weighted by atomic mass is 9.93. The number of nitrogens with one attached hydrogen (secondary N) is 1. The lowest BCUT2D eigenvalue weighted by Crippen LogP contribution is -2.28. The number of pyridine rings is 1. The van der Waals surface area contributed by atoms with Crippen LogP contribution in [0.5, 0.6) is 0 Å². The van der Waals surface area contributed by atoms with E-state index in [1.807, 2.05) is 37.5 Å². The van der Waals surface area contributed by atoms with Gasteiger partial charge in [-0.3, -0.25) is 4.98 Å². The first-order valence-electron chi connectivity index (χ1n) is 10.1. The van der Waals surface area contributed by atoms with E-state index in [4.69, 9.17) is 14.9 Å². The van der Waals surface area contributed by atoms with Crippen molar-refractivity contribution in [1.29, 1.82) is 0 Å². The minimum Gasteiger partial charge on any atom is -0.475 e. The van der Waals surface area contributed by atoms with Crippen molar-refractivity contribution in [3.05, 3.63) is 48.4 Å². The fraction of sp³-hybridized carbons (Fsp3) is 0.364. The van der Waals surface area contributed by atoms with E-state index >= 15 is 0 Å². The molecule has 2 aromatic heterocycles. The minimum absolute atomic E-state index is 0.156. The number of hydrogen-bond acceptors (Lipinski definition) is 6. The molecule has 1 aliphatic carbocycles. The number of para-hydroxylation sites is 1. The highest BCUT2D eigenvalue weighted by Gasteiger charge is 2.38. The number of hydrogen-bond donors (Lipinski definition) is 3. The van der Waals surface area contributed by atoms with Crippen LogP contribution >= 0.6 is 0 Å². The fourth-order valence-corrected chi connectivity index (χ4v) is 3.39. The molecule has 7 nitrogen and oxygen atoms in total. The number of aliphatic hydroxyl groups is 1. The molecule has 0 bridgehead atoms. The van der Waals surface area contributed by atoms with E-state index in [0.717, 1.165) is 53.4 Å². The highest BCUT2D eigenvalue weighted by molar-refractivity contribution is 5.93. The van der Waals surface area contributed by atoms with Crippen LogP contribution in [0.4, 0.5) is 19.1 Å². The van der Waals surface area contributed by atoms with Crippen LogP contribution in [-0.2, 0) is 4.79 Å². The van der Waals surface area contributed by atoms with Crippen LogP contribution in [0, 0.1) is 6.92 Å². The van der Waals surface area contributed by atoms with Crippen molar-refractivity contribution >= 4 is 22.8 Å². The highest BCUT2D eigenvalue weighted by atomic mass is 19.4. The summed E-state index contributed by atoms with van der Waals surface area (Å²) in [5, 5.41) is 21.2. The van der Waals surface area contributed by atoms with E-state index in [-0.39, 0.29) is 6.10 Å². The molecule has 170 valence electrons. The number of fused-ring (bicyclic) bond motifs is 1. The van der Waals surface area contributed by atoms with Gasteiger partial charge < -0.3 is 15.5 Å². The van der Waals surface area contributed by atoms with E-state index in [9.17, 15) is 18.3 Å². The lowest BCUT2D eigenvalue weighted by molar-refractivity contribution is -0.192. The third-order valence-electron chi connectivity index (χ3n) is 5.11. The predicted molar refractivity (Wildman–Crippen MR) is 113 cm³/mol. The number of anilines is 1. The summed E-state index contributed by atoms with van der Waals surface area (Å²) in [6, 6.07) is 10.5.